The van der Waals surface area contributed by atoms with E-state index in [-0.39, 0.29) is 6.61 Å². The first kappa shape index (κ1) is 47.4. The van der Waals surface area contributed by atoms with Crippen LogP contribution < -0.4 is 5.32 Å². The van der Waals surface area contributed by atoms with Gasteiger partial charge in [-0.2, -0.15) is 0 Å². The van der Waals surface area contributed by atoms with Crippen molar-refractivity contribution in [1.29, 1.82) is 0 Å². The van der Waals surface area contributed by atoms with Crippen molar-refractivity contribution in [3.63, 3.8) is 0 Å². The van der Waals surface area contributed by atoms with Gasteiger partial charge in [-0.05, 0) is 18.4 Å². The summed E-state index contributed by atoms with van der Waals surface area (Å²) in [5, 5.41) is 2.64. The summed E-state index contributed by atoms with van der Waals surface area (Å²) in [5.41, 5.74) is 0.938. The zero-order valence-corrected chi connectivity index (χ0v) is 31.3. The summed E-state index contributed by atoms with van der Waals surface area (Å²) in [4.78, 5) is 11.6. The fraction of sp³-hybridized carbons (Fsp3) is 0.806. The van der Waals surface area contributed by atoms with E-state index in [1.165, 1.54) is 6.42 Å². The Hall–Kier alpha value is -1.66. The number of nitrogens with one attached hydrogen (secondary N) is 1. The highest BCUT2D eigenvalue weighted by Gasteiger charge is 2.02. The minimum atomic E-state index is -0.469. The highest BCUT2D eigenvalue weighted by atomic mass is 35.5. The number of alkyl halides is 1. The molecule has 0 fully saturated rings. The van der Waals surface area contributed by atoms with Gasteiger partial charge in [0.2, 0.25) is 0 Å². The van der Waals surface area contributed by atoms with Crippen LogP contribution in [-0.4, -0.2) is 164 Å². The first-order valence-electron chi connectivity index (χ1n) is 18.2. The molecule has 1 rings (SSSR count). The van der Waals surface area contributed by atoms with Gasteiger partial charge in [0, 0.05) is 19.0 Å². The molecule has 0 unspecified atom stereocenters. The van der Waals surface area contributed by atoms with E-state index >= 15 is 0 Å². The third-order valence-electron chi connectivity index (χ3n) is 6.62. The van der Waals surface area contributed by atoms with Gasteiger partial charge in [0.05, 0.1) is 139 Å². The van der Waals surface area contributed by atoms with Crippen LogP contribution in [0.3, 0.4) is 0 Å². The molecule has 14 nitrogen and oxygen atoms in total. The van der Waals surface area contributed by atoms with E-state index in [0.717, 1.165) is 37.3 Å². The van der Waals surface area contributed by atoms with Gasteiger partial charge in [0.1, 0.15) is 6.61 Å². The molecule has 0 bridgehead atoms. The maximum absolute atomic E-state index is 11.6. The van der Waals surface area contributed by atoms with Gasteiger partial charge in [0.15, 0.2) is 0 Å². The molecule has 15 heteroatoms. The number of unbranched alkanes of at least 4 members (excludes halogenated alkanes) is 3. The Bertz CT molecular complexity index is 832. The Kier molecular flexibility index (Phi) is 38.2. The summed E-state index contributed by atoms with van der Waals surface area (Å²) in [5.74, 6) is 0.740. The SMILES string of the molecule is O=C(NCCOCCOCCOCCOCCOCCOCCOCCOCCOCCOCCOCCCCCCCl)OCc1ccccc1. The lowest BCUT2D eigenvalue weighted by Gasteiger charge is -2.09. The van der Waals surface area contributed by atoms with Gasteiger partial charge in [-0.25, -0.2) is 4.79 Å². The number of alkyl carbamates (subject to hydrolysis) is 1. The molecule has 1 amide bonds. The number of carbonyl (C=O) groups excluding carboxylic acids is 1. The lowest BCUT2D eigenvalue weighted by Crippen LogP contribution is -2.28. The molecule has 0 radical (unpaired) electrons. The smallest absolute Gasteiger partial charge is 0.407 e. The number of halogens is 1. The summed E-state index contributed by atoms with van der Waals surface area (Å²) < 4.78 is 65.4. The second-order valence-corrected chi connectivity index (χ2v) is 11.2. The first-order valence-corrected chi connectivity index (χ1v) is 18.7. The van der Waals surface area contributed by atoms with E-state index in [1.54, 1.807) is 0 Å². The number of hydrogen-bond donors (Lipinski definition) is 1. The van der Waals surface area contributed by atoms with Crippen LogP contribution in [0.15, 0.2) is 30.3 Å². The Balaban J connectivity index is 1.62. The molecule has 0 spiro atoms. The van der Waals surface area contributed by atoms with Crippen LogP contribution >= 0.6 is 11.6 Å². The van der Waals surface area contributed by atoms with Crippen molar-refractivity contribution in [2.75, 3.05) is 158 Å². The number of rotatable bonds is 41. The fourth-order valence-corrected chi connectivity index (χ4v) is 4.14. The van der Waals surface area contributed by atoms with E-state index in [4.69, 9.17) is 68.4 Å². The molecule has 0 aliphatic heterocycles. The summed E-state index contributed by atoms with van der Waals surface area (Å²) in [6.07, 6.45) is 4.01. The normalized spacial score (nSPS) is 11.3. The van der Waals surface area contributed by atoms with Crippen molar-refractivity contribution >= 4 is 17.7 Å². The molecule has 0 atom stereocenters. The standard InChI is InChI=1S/C36H64ClNO13/c37-10-6-1-2-7-12-40-14-16-42-18-20-44-22-24-46-26-28-48-30-32-50-33-31-49-29-27-47-25-23-45-21-19-43-17-15-41-13-11-38-36(39)51-34-35-8-4-3-5-9-35/h3-5,8-9H,1-2,6-7,10-34H2,(H,38,39). The van der Waals surface area contributed by atoms with E-state index in [1.807, 2.05) is 30.3 Å². The van der Waals surface area contributed by atoms with E-state index in [0.29, 0.717) is 145 Å². The van der Waals surface area contributed by atoms with Crippen molar-refractivity contribution < 1.29 is 61.6 Å². The summed E-state index contributed by atoms with van der Waals surface area (Å²) in [7, 11) is 0. The van der Waals surface area contributed by atoms with Crippen molar-refractivity contribution in [3.8, 4) is 0 Å². The van der Waals surface area contributed by atoms with Crippen molar-refractivity contribution in [2.45, 2.75) is 32.3 Å². The average Bonchev–Trinajstić information content (AvgIpc) is 3.15. The molecule has 51 heavy (non-hydrogen) atoms. The van der Waals surface area contributed by atoms with Crippen LogP contribution in [0.2, 0.25) is 0 Å². The van der Waals surface area contributed by atoms with E-state index in [9.17, 15) is 4.79 Å². The number of carbonyl (C=O) groups is 1. The zero-order chi connectivity index (χ0) is 36.4. The van der Waals surface area contributed by atoms with Crippen LogP contribution in [-0.2, 0) is 63.4 Å². The number of ether oxygens (including phenoxy) is 12. The van der Waals surface area contributed by atoms with Gasteiger partial charge in [0.25, 0.3) is 0 Å². The first-order chi connectivity index (χ1) is 25.3. The second-order valence-electron chi connectivity index (χ2n) is 10.8. The molecule has 298 valence electrons. The molecular weight excluding hydrogens is 690 g/mol. The largest absolute Gasteiger partial charge is 0.445 e. The zero-order valence-electron chi connectivity index (χ0n) is 30.6. The van der Waals surface area contributed by atoms with Crippen LogP contribution in [0.1, 0.15) is 31.2 Å². The number of hydrogen-bond acceptors (Lipinski definition) is 13. The van der Waals surface area contributed by atoms with Crippen LogP contribution in [0.25, 0.3) is 0 Å². The third kappa shape index (κ3) is 37.9. The molecule has 0 aliphatic carbocycles. The molecule has 0 aromatic heterocycles. The van der Waals surface area contributed by atoms with Gasteiger partial charge in [-0.15, -0.1) is 11.6 Å². The molecule has 0 aliphatic rings. The quantitative estimate of drug-likeness (QED) is 0.0765. The molecular formula is C36H64ClNO13. The molecule has 1 N–H and O–H groups in total. The Morgan fingerprint density at radius 3 is 1.14 bits per heavy atom. The van der Waals surface area contributed by atoms with Gasteiger partial charge >= 0.3 is 6.09 Å². The van der Waals surface area contributed by atoms with Gasteiger partial charge in [-0.1, -0.05) is 43.2 Å². The predicted octanol–water partition coefficient (Wildman–Crippen LogP) is 3.89. The minimum Gasteiger partial charge on any atom is -0.445 e. The molecule has 0 heterocycles. The Morgan fingerprint density at radius 2 is 0.765 bits per heavy atom. The predicted molar refractivity (Wildman–Crippen MR) is 193 cm³/mol. The topological polar surface area (TPSA) is 140 Å². The summed E-state index contributed by atoms with van der Waals surface area (Å²) >= 11 is 5.66. The van der Waals surface area contributed by atoms with Crippen molar-refractivity contribution in [2.24, 2.45) is 0 Å². The van der Waals surface area contributed by atoms with Crippen LogP contribution in [0.4, 0.5) is 4.79 Å². The average molecular weight is 754 g/mol. The molecule has 1 aromatic rings. The van der Waals surface area contributed by atoms with Crippen molar-refractivity contribution in [3.05, 3.63) is 35.9 Å². The Morgan fingerprint density at radius 1 is 0.431 bits per heavy atom. The number of benzene rings is 1. The minimum absolute atomic E-state index is 0.237. The highest BCUT2D eigenvalue weighted by Crippen LogP contribution is 2.01. The maximum atomic E-state index is 11.6. The monoisotopic (exact) mass is 753 g/mol. The fourth-order valence-electron chi connectivity index (χ4n) is 3.95. The maximum Gasteiger partial charge on any atom is 0.407 e. The highest BCUT2D eigenvalue weighted by molar-refractivity contribution is 6.17. The number of amides is 1. The van der Waals surface area contributed by atoms with Crippen molar-refractivity contribution in [1.82, 2.24) is 5.32 Å². The van der Waals surface area contributed by atoms with E-state index < -0.39 is 6.09 Å². The van der Waals surface area contributed by atoms with Crippen LogP contribution in [0.5, 0.6) is 0 Å². The third-order valence-corrected chi connectivity index (χ3v) is 6.89. The summed E-state index contributed by atoms with van der Waals surface area (Å²) in [6, 6.07) is 9.51. The molecule has 0 saturated heterocycles. The lowest BCUT2D eigenvalue weighted by molar-refractivity contribution is -0.0275. The Labute approximate surface area is 310 Å². The summed E-state index contributed by atoms with van der Waals surface area (Å²) in [6.45, 7) is 11.9. The van der Waals surface area contributed by atoms with Gasteiger partial charge in [-0.3, -0.25) is 0 Å². The lowest BCUT2D eigenvalue weighted by atomic mass is 10.2. The van der Waals surface area contributed by atoms with E-state index in [2.05, 4.69) is 5.32 Å². The molecule has 1 aromatic carbocycles. The van der Waals surface area contributed by atoms with Gasteiger partial charge < -0.3 is 62.2 Å². The molecule has 0 saturated carbocycles. The second kappa shape index (κ2) is 41.1. The van der Waals surface area contributed by atoms with Crippen LogP contribution in [0, 0.1) is 0 Å².